The summed E-state index contributed by atoms with van der Waals surface area (Å²) in [6, 6.07) is 0. The molecule has 0 saturated carbocycles. The fraction of sp³-hybridized carbons (Fsp3) is 0.636. The van der Waals surface area contributed by atoms with Crippen LogP contribution in [0.5, 0.6) is 0 Å². The van der Waals surface area contributed by atoms with E-state index in [9.17, 15) is 41.4 Å². The van der Waals surface area contributed by atoms with Crippen LogP contribution >= 0.6 is 0 Å². The summed E-state index contributed by atoms with van der Waals surface area (Å²) >= 11 is 0. The zero-order chi connectivity index (χ0) is 17.9. The molecule has 126 valence electrons. The van der Waals surface area contributed by atoms with Crippen LogP contribution in [0.4, 0.5) is 13.2 Å². The standard InChI is InChI=1S/C11H13F3O7S.2Na/c1-9(7(15)16)5(12)4(22(19,20)21)6(13)10(2,8(17)18)11(9,3)14;;/h5H,1-3H3,(H,15,16)(H,17,18)(H,19,20,21);;/q;2*+1/p-2. The number of allylic oxidation sites excluding steroid dienone is 1. The van der Waals surface area contributed by atoms with Crippen molar-refractivity contribution in [2.45, 2.75) is 32.6 Å². The summed E-state index contributed by atoms with van der Waals surface area (Å²) in [5.41, 5.74) is -10.6. The van der Waals surface area contributed by atoms with Crippen LogP contribution in [0.1, 0.15) is 20.8 Å². The van der Waals surface area contributed by atoms with Gasteiger partial charge in [0.05, 0.1) is 22.8 Å². The fourth-order valence-corrected chi connectivity index (χ4v) is 3.33. The molecule has 4 atom stereocenters. The topological polar surface area (TPSA) is 135 Å². The third-order valence-electron chi connectivity index (χ3n) is 4.42. The van der Waals surface area contributed by atoms with E-state index < -0.39 is 55.5 Å². The molecule has 1 rings (SSSR count). The Hall–Kier alpha value is 0.380. The molecule has 0 bridgehead atoms. The van der Waals surface area contributed by atoms with Crippen LogP contribution in [0.2, 0.25) is 0 Å². The van der Waals surface area contributed by atoms with Crippen LogP contribution in [0.15, 0.2) is 10.7 Å². The Bertz CT molecular complexity index is 694. The van der Waals surface area contributed by atoms with Crippen molar-refractivity contribution in [2.75, 3.05) is 0 Å². The molecule has 0 spiro atoms. The molecule has 13 heteroatoms. The third kappa shape index (κ3) is 3.22. The predicted molar refractivity (Wildman–Crippen MR) is 60.3 cm³/mol. The van der Waals surface area contributed by atoms with Gasteiger partial charge in [-0.15, -0.1) is 0 Å². The van der Waals surface area contributed by atoms with Gasteiger partial charge >= 0.3 is 59.1 Å². The van der Waals surface area contributed by atoms with Crippen LogP contribution in [0.25, 0.3) is 0 Å². The van der Waals surface area contributed by atoms with E-state index in [-0.39, 0.29) is 73.0 Å². The van der Waals surface area contributed by atoms with Crippen LogP contribution in [-0.4, -0.2) is 36.7 Å². The summed E-state index contributed by atoms with van der Waals surface area (Å²) in [6.07, 6.45) is -3.42. The van der Waals surface area contributed by atoms with Crippen LogP contribution in [0, 0.1) is 10.8 Å². The summed E-state index contributed by atoms with van der Waals surface area (Å²) < 4.78 is 74.5. The zero-order valence-electron chi connectivity index (χ0n) is 13.5. The number of rotatable bonds is 3. The van der Waals surface area contributed by atoms with E-state index in [0.29, 0.717) is 6.92 Å². The summed E-state index contributed by atoms with van der Waals surface area (Å²) in [4.78, 5) is 20.1. The van der Waals surface area contributed by atoms with Gasteiger partial charge < -0.3 is 19.8 Å². The van der Waals surface area contributed by atoms with Crippen molar-refractivity contribution in [3.05, 3.63) is 10.7 Å². The molecule has 1 aliphatic carbocycles. The van der Waals surface area contributed by atoms with Gasteiger partial charge in [-0.05, 0) is 20.8 Å². The van der Waals surface area contributed by atoms with Crippen LogP contribution < -0.4 is 69.3 Å². The maximum atomic E-state index is 14.9. The molecule has 1 aliphatic rings. The monoisotopic (exact) mass is 390 g/mol. The van der Waals surface area contributed by atoms with E-state index >= 15 is 0 Å². The van der Waals surface area contributed by atoms with Crippen molar-refractivity contribution in [3.8, 4) is 0 Å². The quantitative estimate of drug-likeness (QED) is 0.374. The van der Waals surface area contributed by atoms with E-state index in [1.807, 2.05) is 0 Å². The van der Waals surface area contributed by atoms with E-state index in [1.165, 1.54) is 0 Å². The van der Waals surface area contributed by atoms with Gasteiger partial charge in [0, 0.05) is 0 Å². The summed E-state index contributed by atoms with van der Waals surface area (Å²) in [6.45, 7) is 0.868. The first-order chi connectivity index (χ1) is 9.57. The van der Waals surface area contributed by atoms with Gasteiger partial charge in [-0.1, -0.05) is 0 Å². The summed E-state index contributed by atoms with van der Waals surface area (Å²) in [5, 5.41) is 22.3. The number of carbonyl (C=O) groups excluding carboxylic acids is 2. The Morgan fingerprint density at radius 1 is 1.12 bits per heavy atom. The van der Waals surface area contributed by atoms with Crippen molar-refractivity contribution in [1.29, 1.82) is 0 Å². The van der Waals surface area contributed by atoms with Crippen molar-refractivity contribution >= 4 is 22.1 Å². The van der Waals surface area contributed by atoms with Gasteiger partial charge in [0.25, 0.3) is 10.1 Å². The van der Waals surface area contributed by atoms with Crippen LogP contribution in [-0.2, 0) is 19.7 Å². The van der Waals surface area contributed by atoms with Crippen molar-refractivity contribution in [1.82, 2.24) is 0 Å². The van der Waals surface area contributed by atoms with E-state index in [0.717, 1.165) is 0 Å². The van der Waals surface area contributed by atoms with Crippen molar-refractivity contribution in [3.63, 3.8) is 0 Å². The number of hydrogen-bond acceptors (Lipinski definition) is 6. The first-order valence-electron chi connectivity index (χ1n) is 5.71. The Balaban J connectivity index is 0. The number of carboxylic acid groups (broad SMARTS) is 2. The summed E-state index contributed by atoms with van der Waals surface area (Å²) in [7, 11) is -5.70. The van der Waals surface area contributed by atoms with E-state index in [4.69, 9.17) is 4.55 Å². The third-order valence-corrected chi connectivity index (χ3v) is 5.36. The molecule has 24 heavy (non-hydrogen) atoms. The minimum Gasteiger partial charge on any atom is -0.549 e. The minimum absolute atomic E-state index is 0. The Kier molecular flexibility index (Phi) is 8.37. The van der Waals surface area contributed by atoms with Crippen LogP contribution in [0.3, 0.4) is 0 Å². The normalized spacial score (nSPS) is 36.4. The first kappa shape index (κ1) is 26.6. The van der Waals surface area contributed by atoms with E-state index in [2.05, 4.69) is 0 Å². The average molecular weight is 390 g/mol. The minimum atomic E-state index is -5.70. The number of carbonyl (C=O) groups is 2. The van der Waals surface area contributed by atoms with Crippen molar-refractivity contribution in [2.24, 2.45) is 10.8 Å². The molecule has 0 aromatic carbocycles. The van der Waals surface area contributed by atoms with Crippen molar-refractivity contribution < 1.29 is 105 Å². The number of aliphatic carboxylic acids is 2. The average Bonchev–Trinajstić information content (AvgIpc) is 2.32. The molecular weight excluding hydrogens is 379 g/mol. The van der Waals surface area contributed by atoms with E-state index in [1.54, 1.807) is 0 Å². The second kappa shape index (κ2) is 7.55. The molecule has 4 unspecified atom stereocenters. The zero-order valence-corrected chi connectivity index (χ0v) is 18.3. The van der Waals surface area contributed by atoms with Gasteiger partial charge in [0.1, 0.15) is 16.4 Å². The molecular formula is C11H11F3Na2O7S. The second-order valence-corrected chi connectivity index (χ2v) is 6.81. The molecule has 0 saturated heterocycles. The first-order valence-corrected chi connectivity index (χ1v) is 7.15. The number of carboxylic acids is 2. The maximum Gasteiger partial charge on any atom is 1.00 e. The van der Waals surface area contributed by atoms with Gasteiger partial charge in [-0.2, -0.15) is 8.42 Å². The second-order valence-electron chi connectivity index (χ2n) is 5.42. The van der Waals surface area contributed by atoms with Gasteiger partial charge in [0.15, 0.2) is 6.17 Å². The molecule has 0 aromatic rings. The number of alkyl halides is 2. The molecule has 0 radical (unpaired) electrons. The Morgan fingerprint density at radius 2 is 1.50 bits per heavy atom. The number of hydrogen-bond donors (Lipinski definition) is 1. The summed E-state index contributed by atoms with van der Waals surface area (Å²) in [5.74, 6) is -7.42. The Morgan fingerprint density at radius 3 is 1.75 bits per heavy atom. The fourth-order valence-electron chi connectivity index (χ4n) is 2.40. The molecule has 7 nitrogen and oxygen atoms in total. The molecule has 0 fully saturated rings. The number of halogens is 3. The van der Waals surface area contributed by atoms with Gasteiger partial charge in [-0.25, -0.2) is 13.2 Å². The molecule has 0 aliphatic heterocycles. The maximum absolute atomic E-state index is 14.9. The molecule has 0 heterocycles. The van der Waals surface area contributed by atoms with Gasteiger partial charge in [0.2, 0.25) is 0 Å². The largest absolute Gasteiger partial charge is 1.00 e. The molecule has 0 aromatic heterocycles. The molecule has 1 N–H and O–H groups in total. The predicted octanol–water partition coefficient (Wildman–Crippen LogP) is -7.34. The Labute approximate surface area is 180 Å². The smallest absolute Gasteiger partial charge is 0.549 e. The SMILES string of the molecule is CC1(C(=O)[O-])C(F)=C(S(=O)(=O)O)C(F)C(C)(C(=O)[O-])C1(C)F.[Na+].[Na+]. The molecule has 0 amide bonds. The van der Waals surface area contributed by atoms with Gasteiger partial charge in [-0.3, -0.25) is 4.55 Å².